The SMILES string of the molecule is O=C(NCCSC1CCOCC1)C1(c2cccs2)CCCC1. The summed E-state index contributed by atoms with van der Waals surface area (Å²) in [5.41, 5.74) is -0.239. The van der Waals surface area contributed by atoms with Crippen molar-refractivity contribution < 1.29 is 9.53 Å². The molecule has 3 rings (SSSR count). The number of amides is 1. The highest BCUT2D eigenvalue weighted by molar-refractivity contribution is 7.99. The molecule has 22 heavy (non-hydrogen) atoms. The molecule has 1 aliphatic heterocycles. The van der Waals surface area contributed by atoms with Gasteiger partial charge < -0.3 is 10.1 Å². The van der Waals surface area contributed by atoms with E-state index >= 15 is 0 Å². The molecule has 0 radical (unpaired) electrons. The van der Waals surface area contributed by atoms with E-state index in [2.05, 4.69) is 22.8 Å². The molecule has 1 amide bonds. The van der Waals surface area contributed by atoms with Gasteiger partial charge in [0.1, 0.15) is 0 Å². The zero-order chi connectivity index (χ0) is 15.3. The van der Waals surface area contributed by atoms with E-state index in [0.29, 0.717) is 5.25 Å². The van der Waals surface area contributed by atoms with Crippen LogP contribution in [0.2, 0.25) is 0 Å². The lowest BCUT2D eigenvalue weighted by Crippen LogP contribution is -2.43. The molecule has 122 valence electrons. The molecule has 1 saturated carbocycles. The van der Waals surface area contributed by atoms with Crippen molar-refractivity contribution in [2.45, 2.75) is 49.2 Å². The molecule has 0 atom stereocenters. The Balaban J connectivity index is 1.48. The van der Waals surface area contributed by atoms with Gasteiger partial charge in [0.15, 0.2) is 0 Å². The number of thiophene rings is 1. The Morgan fingerprint density at radius 2 is 2.14 bits per heavy atom. The molecule has 0 spiro atoms. The summed E-state index contributed by atoms with van der Waals surface area (Å²) in [6, 6.07) is 4.20. The number of rotatable bonds is 6. The summed E-state index contributed by atoms with van der Waals surface area (Å²) in [5.74, 6) is 1.26. The van der Waals surface area contributed by atoms with Crippen LogP contribution < -0.4 is 5.32 Å². The number of nitrogens with one attached hydrogen (secondary N) is 1. The summed E-state index contributed by atoms with van der Waals surface area (Å²) in [5, 5.41) is 6.01. The van der Waals surface area contributed by atoms with Crippen LogP contribution in [0.4, 0.5) is 0 Å². The first-order valence-corrected chi connectivity index (χ1v) is 10.3. The third-order valence-corrected chi connectivity index (χ3v) is 7.25. The Hall–Kier alpha value is -0.520. The minimum absolute atomic E-state index is 0.239. The summed E-state index contributed by atoms with van der Waals surface area (Å²) in [4.78, 5) is 14.0. The molecule has 0 bridgehead atoms. The van der Waals surface area contributed by atoms with E-state index < -0.39 is 0 Å². The van der Waals surface area contributed by atoms with E-state index in [0.717, 1.165) is 51.2 Å². The molecule has 1 aromatic rings. The standard InChI is InChI=1S/C17H25NO2S2/c19-16(18-9-13-21-14-5-10-20-11-6-14)17(7-1-2-8-17)15-4-3-12-22-15/h3-4,12,14H,1-2,5-11,13H2,(H,18,19). The smallest absolute Gasteiger partial charge is 0.231 e. The average Bonchev–Trinajstić information content (AvgIpc) is 3.23. The number of ether oxygens (including phenoxy) is 1. The molecule has 1 aromatic heterocycles. The minimum Gasteiger partial charge on any atom is -0.381 e. The summed E-state index contributed by atoms with van der Waals surface area (Å²) >= 11 is 3.72. The van der Waals surface area contributed by atoms with Crippen LogP contribution in [0, 0.1) is 0 Å². The van der Waals surface area contributed by atoms with Gasteiger partial charge in [0, 0.05) is 35.6 Å². The van der Waals surface area contributed by atoms with Crippen LogP contribution in [0.15, 0.2) is 17.5 Å². The monoisotopic (exact) mass is 339 g/mol. The molecule has 1 N–H and O–H groups in total. The Labute approximate surface area is 141 Å². The molecule has 0 unspecified atom stereocenters. The van der Waals surface area contributed by atoms with Crippen molar-refractivity contribution in [1.82, 2.24) is 5.32 Å². The molecule has 0 aromatic carbocycles. The number of hydrogen-bond donors (Lipinski definition) is 1. The molecule has 5 heteroatoms. The molecule has 2 heterocycles. The first-order chi connectivity index (χ1) is 10.8. The minimum atomic E-state index is -0.239. The van der Waals surface area contributed by atoms with E-state index in [1.807, 2.05) is 11.8 Å². The summed E-state index contributed by atoms with van der Waals surface area (Å²) in [6.45, 7) is 2.57. The van der Waals surface area contributed by atoms with Crippen LogP contribution >= 0.6 is 23.1 Å². The van der Waals surface area contributed by atoms with Gasteiger partial charge in [-0.15, -0.1) is 11.3 Å². The molecule has 2 fully saturated rings. The lowest BCUT2D eigenvalue weighted by atomic mass is 9.83. The van der Waals surface area contributed by atoms with Crippen LogP contribution in [0.5, 0.6) is 0 Å². The van der Waals surface area contributed by atoms with Crippen molar-refractivity contribution >= 4 is 29.0 Å². The molecule has 2 aliphatic rings. The molecule has 3 nitrogen and oxygen atoms in total. The fourth-order valence-electron chi connectivity index (χ4n) is 3.52. The number of thioether (sulfide) groups is 1. The van der Waals surface area contributed by atoms with Crippen LogP contribution in [-0.2, 0) is 14.9 Å². The Morgan fingerprint density at radius 3 is 2.82 bits per heavy atom. The molecule has 1 aliphatic carbocycles. The van der Waals surface area contributed by atoms with Crippen molar-refractivity contribution in [2.24, 2.45) is 0 Å². The lowest BCUT2D eigenvalue weighted by molar-refractivity contribution is -0.126. The second-order valence-electron chi connectivity index (χ2n) is 6.20. The number of carbonyl (C=O) groups is 1. The zero-order valence-corrected chi connectivity index (χ0v) is 14.6. The maximum Gasteiger partial charge on any atom is 0.231 e. The summed E-state index contributed by atoms with van der Waals surface area (Å²) in [6.07, 6.45) is 6.65. The fraction of sp³-hybridized carbons (Fsp3) is 0.706. The van der Waals surface area contributed by atoms with Gasteiger partial charge in [0.2, 0.25) is 5.91 Å². The van der Waals surface area contributed by atoms with E-state index in [4.69, 9.17) is 4.74 Å². The Kier molecular flexibility index (Phi) is 5.83. The van der Waals surface area contributed by atoms with E-state index in [-0.39, 0.29) is 11.3 Å². The third kappa shape index (κ3) is 3.69. The normalized spacial score (nSPS) is 21.8. The highest BCUT2D eigenvalue weighted by Crippen LogP contribution is 2.43. The van der Waals surface area contributed by atoms with Crippen LogP contribution in [-0.4, -0.2) is 36.7 Å². The topological polar surface area (TPSA) is 38.3 Å². The molecular weight excluding hydrogens is 314 g/mol. The van der Waals surface area contributed by atoms with Gasteiger partial charge in [-0.2, -0.15) is 11.8 Å². The maximum absolute atomic E-state index is 12.8. The predicted octanol–water partition coefficient (Wildman–Crippen LogP) is 3.59. The average molecular weight is 340 g/mol. The number of carbonyl (C=O) groups excluding carboxylic acids is 1. The maximum atomic E-state index is 12.8. The third-order valence-electron chi connectivity index (χ3n) is 4.79. The fourth-order valence-corrected chi connectivity index (χ4v) is 5.58. The molecule has 1 saturated heterocycles. The Bertz CT molecular complexity index is 463. The second kappa shape index (κ2) is 7.84. The summed E-state index contributed by atoms with van der Waals surface area (Å²) in [7, 11) is 0. The lowest BCUT2D eigenvalue weighted by Gasteiger charge is -2.27. The van der Waals surface area contributed by atoms with Gasteiger partial charge in [0.05, 0.1) is 5.41 Å². The van der Waals surface area contributed by atoms with E-state index in [1.54, 1.807) is 11.3 Å². The highest BCUT2D eigenvalue weighted by Gasteiger charge is 2.43. The largest absolute Gasteiger partial charge is 0.381 e. The summed E-state index contributed by atoms with van der Waals surface area (Å²) < 4.78 is 5.38. The van der Waals surface area contributed by atoms with Crippen LogP contribution in [0.25, 0.3) is 0 Å². The molecular formula is C17H25NO2S2. The first kappa shape index (κ1) is 16.3. The van der Waals surface area contributed by atoms with Gasteiger partial charge in [0.25, 0.3) is 0 Å². The van der Waals surface area contributed by atoms with Crippen molar-refractivity contribution in [3.05, 3.63) is 22.4 Å². The van der Waals surface area contributed by atoms with Gasteiger partial charge >= 0.3 is 0 Å². The number of hydrogen-bond acceptors (Lipinski definition) is 4. The first-order valence-electron chi connectivity index (χ1n) is 8.33. The van der Waals surface area contributed by atoms with Crippen molar-refractivity contribution in [3.63, 3.8) is 0 Å². The predicted molar refractivity (Wildman–Crippen MR) is 93.8 cm³/mol. The Morgan fingerprint density at radius 1 is 1.36 bits per heavy atom. The van der Waals surface area contributed by atoms with Crippen molar-refractivity contribution in [2.75, 3.05) is 25.5 Å². The van der Waals surface area contributed by atoms with E-state index in [9.17, 15) is 4.79 Å². The van der Waals surface area contributed by atoms with Crippen molar-refractivity contribution in [3.8, 4) is 0 Å². The van der Waals surface area contributed by atoms with Gasteiger partial charge in [-0.05, 0) is 37.1 Å². The highest BCUT2D eigenvalue weighted by atomic mass is 32.2. The van der Waals surface area contributed by atoms with Crippen molar-refractivity contribution in [1.29, 1.82) is 0 Å². The van der Waals surface area contributed by atoms with Gasteiger partial charge in [-0.3, -0.25) is 4.79 Å². The zero-order valence-electron chi connectivity index (χ0n) is 13.0. The van der Waals surface area contributed by atoms with E-state index in [1.165, 1.54) is 17.7 Å². The second-order valence-corrected chi connectivity index (χ2v) is 8.56. The van der Waals surface area contributed by atoms with Gasteiger partial charge in [-0.25, -0.2) is 0 Å². The quantitative estimate of drug-likeness (QED) is 0.805. The van der Waals surface area contributed by atoms with Crippen LogP contribution in [0.1, 0.15) is 43.4 Å². The van der Waals surface area contributed by atoms with Crippen LogP contribution in [0.3, 0.4) is 0 Å². The van der Waals surface area contributed by atoms with Gasteiger partial charge in [-0.1, -0.05) is 18.9 Å².